The Balaban J connectivity index is 1.18. The largest absolute Gasteiger partial charge is 0.454 e. The van der Waals surface area contributed by atoms with Gasteiger partial charge >= 0.3 is 0 Å². The van der Waals surface area contributed by atoms with Crippen molar-refractivity contribution in [2.24, 2.45) is 0 Å². The third kappa shape index (κ3) is 4.39. The van der Waals surface area contributed by atoms with E-state index in [1.54, 1.807) is 42.3 Å². The van der Waals surface area contributed by atoms with Gasteiger partial charge in [-0.3, -0.25) is 9.59 Å². The summed E-state index contributed by atoms with van der Waals surface area (Å²) in [7, 11) is 1.73. The molecule has 0 spiro atoms. The summed E-state index contributed by atoms with van der Waals surface area (Å²) in [4.78, 5) is 33.1. The number of fused-ring (bicyclic) bond motifs is 1. The quantitative estimate of drug-likeness (QED) is 0.572. The molecule has 9 heteroatoms. The van der Waals surface area contributed by atoms with Gasteiger partial charge in [0.05, 0.1) is 0 Å². The minimum atomic E-state index is -0.129. The van der Waals surface area contributed by atoms with Crippen LogP contribution < -0.4 is 9.47 Å². The third-order valence-corrected chi connectivity index (χ3v) is 5.88. The van der Waals surface area contributed by atoms with Crippen molar-refractivity contribution in [2.75, 3.05) is 33.5 Å². The molecule has 3 aromatic rings. The number of aromatic nitrogens is 2. The molecule has 0 aliphatic carbocycles. The van der Waals surface area contributed by atoms with E-state index in [2.05, 4.69) is 10.1 Å². The fourth-order valence-electron chi connectivity index (χ4n) is 3.95. The second-order valence-corrected chi connectivity index (χ2v) is 8.14. The maximum Gasteiger partial charge on any atom is 0.257 e. The predicted molar refractivity (Wildman–Crippen MR) is 118 cm³/mol. The van der Waals surface area contributed by atoms with Crippen molar-refractivity contribution < 1.29 is 23.6 Å². The van der Waals surface area contributed by atoms with Gasteiger partial charge in [-0.05, 0) is 55.3 Å². The second-order valence-electron chi connectivity index (χ2n) is 8.14. The Labute approximate surface area is 190 Å². The van der Waals surface area contributed by atoms with Crippen LogP contribution in [-0.2, 0) is 6.42 Å². The summed E-state index contributed by atoms with van der Waals surface area (Å²) in [6.07, 6.45) is 2.57. The molecule has 0 saturated carbocycles. The summed E-state index contributed by atoms with van der Waals surface area (Å²) in [5, 5.41) is 4.03. The van der Waals surface area contributed by atoms with Gasteiger partial charge in [0.1, 0.15) is 0 Å². The van der Waals surface area contributed by atoms with Gasteiger partial charge in [0.15, 0.2) is 17.3 Å². The number of amides is 2. The van der Waals surface area contributed by atoms with Gasteiger partial charge in [-0.2, -0.15) is 4.98 Å². The number of likely N-dealkylation sites (N-methyl/N-ethyl adjacent to an activating group) is 1. The Morgan fingerprint density at radius 2 is 1.73 bits per heavy atom. The molecule has 2 amide bonds. The van der Waals surface area contributed by atoms with Crippen LogP contribution in [0.25, 0.3) is 11.5 Å². The number of carbonyl (C=O) groups is 2. The summed E-state index contributed by atoms with van der Waals surface area (Å²) in [5.41, 5.74) is 1.93. The Bertz CT molecular complexity index is 1170. The first-order chi connectivity index (χ1) is 16.1. The third-order valence-electron chi connectivity index (χ3n) is 5.88. The molecule has 0 N–H and O–H groups in total. The molecule has 1 saturated heterocycles. The van der Waals surface area contributed by atoms with Gasteiger partial charge < -0.3 is 23.8 Å². The number of likely N-dealkylation sites (tertiary alicyclic amines) is 1. The van der Waals surface area contributed by atoms with Crippen LogP contribution in [0.4, 0.5) is 0 Å². The highest BCUT2D eigenvalue weighted by molar-refractivity contribution is 5.95. The summed E-state index contributed by atoms with van der Waals surface area (Å²) in [6.45, 7) is 2.23. The summed E-state index contributed by atoms with van der Waals surface area (Å²) < 4.78 is 16.0. The van der Waals surface area contributed by atoms with E-state index in [1.165, 1.54) is 0 Å². The second kappa shape index (κ2) is 8.93. The molecule has 1 fully saturated rings. The highest BCUT2D eigenvalue weighted by Gasteiger charge is 2.21. The van der Waals surface area contributed by atoms with E-state index in [9.17, 15) is 9.59 Å². The lowest BCUT2D eigenvalue weighted by atomic mass is 10.1. The Hall–Kier alpha value is -3.88. The van der Waals surface area contributed by atoms with Gasteiger partial charge in [-0.15, -0.1) is 0 Å². The van der Waals surface area contributed by atoms with Crippen molar-refractivity contribution in [3.8, 4) is 23.0 Å². The van der Waals surface area contributed by atoms with Crippen LogP contribution in [0.15, 0.2) is 47.0 Å². The summed E-state index contributed by atoms with van der Waals surface area (Å²) in [6, 6.07) is 12.3. The predicted octanol–water partition coefficient (Wildman–Crippen LogP) is 3.02. The van der Waals surface area contributed by atoms with Gasteiger partial charge in [0.25, 0.3) is 17.7 Å². The SMILES string of the molecule is CN(CCc1noc(-c2ccc(C(=O)N3CCCC3)cc2)n1)C(=O)c1ccc2c(c1)OCO2. The molecule has 2 aromatic carbocycles. The Morgan fingerprint density at radius 3 is 2.52 bits per heavy atom. The number of benzene rings is 2. The Morgan fingerprint density at radius 1 is 1.00 bits per heavy atom. The van der Waals surface area contributed by atoms with E-state index in [-0.39, 0.29) is 18.6 Å². The Kier molecular flexibility index (Phi) is 5.68. The van der Waals surface area contributed by atoms with Crippen LogP contribution in [0.1, 0.15) is 39.4 Å². The zero-order valence-electron chi connectivity index (χ0n) is 18.3. The zero-order valence-corrected chi connectivity index (χ0v) is 18.3. The lowest BCUT2D eigenvalue weighted by molar-refractivity contribution is 0.0786. The van der Waals surface area contributed by atoms with Gasteiger partial charge in [-0.25, -0.2) is 0 Å². The van der Waals surface area contributed by atoms with E-state index < -0.39 is 0 Å². The maximum atomic E-state index is 12.7. The molecular formula is C24H24N4O5. The topological polar surface area (TPSA) is 98.0 Å². The number of hydrogen-bond donors (Lipinski definition) is 0. The van der Waals surface area contributed by atoms with Crippen molar-refractivity contribution in [1.82, 2.24) is 19.9 Å². The van der Waals surface area contributed by atoms with E-state index in [0.29, 0.717) is 47.3 Å². The van der Waals surface area contributed by atoms with Gasteiger partial charge in [0.2, 0.25) is 6.79 Å². The first-order valence-corrected chi connectivity index (χ1v) is 11.0. The van der Waals surface area contributed by atoms with E-state index >= 15 is 0 Å². The van der Waals surface area contributed by atoms with E-state index in [4.69, 9.17) is 14.0 Å². The average molecular weight is 448 g/mol. The normalized spacial score (nSPS) is 14.5. The molecule has 9 nitrogen and oxygen atoms in total. The number of ether oxygens (including phenoxy) is 2. The minimum Gasteiger partial charge on any atom is -0.454 e. The maximum absolute atomic E-state index is 12.7. The molecule has 0 radical (unpaired) electrons. The summed E-state index contributed by atoms with van der Waals surface area (Å²) >= 11 is 0. The van der Waals surface area contributed by atoms with Crippen molar-refractivity contribution in [1.29, 1.82) is 0 Å². The van der Waals surface area contributed by atoms with E-state index in [1.807, 2.05) is 17.0 Å². The molecule has 33 heavy (non-hydrogen) atoms. The van der Waals surface area contributed by atoms with Crippen molar-refractivity contribution in [3.05, 3.63) is 59.4 Å². The first kappa shape index (κ1) is 21.0. The molecule has 170 valence electrons. The van der Waals surface area contributed by atoms with Crippen LogP contribution in [0, 0.1) is 0 Å². The van der Waals surface area contributed by atoms with Gasteiger partial charge in [-0.1, -0.05) is 5.16 Å². The highest BCUT2D eigenvalue weighted by Crippen LogP contribution is 2.32. The highest BCUT2D eigenvalue weighted by atomic mass is 16.7. The van der Waals surface area contributed by atoms with Crippen LogP contribution in [-0.4, -0.2) is 65.2 Å². The molecular weight excluding hydrogens is 424 g/mol. The smallest absolute Gasteiger partial charge is 0.257 e. The molecule has 0 bridgehead atoms. The van der Waals surface area contributed by atoms with Crippen LogP contribution >= 0.6 is 0 Å². The van der Waals surface area contributed by atoms with Crippen molar-refractivity contribution in [2.45, 2.75) is 19.3 Å². The molecule has 3 heterocycles. The summed E-state index contributed by atoms with van der Waals surface area (Å²) in [5.74, 6) is 2.03. The fourth-order valence-corrected chi connectivity index (χ4v) is 3.95. The average Bonchev–Trinajstić information content (AvgIpc) is 3.62. The number of nitrogens with zero attached hydrogens (tertiary/aromatic N) is 4. The number of carbonyl (C=O) groups excluding carboxylic acids is 2. The van der Waals surface area contributed by atoms with Crippen LogP contribution in [0.2, 0.25) is 0 Å². The standard InChI is InChI=1S/C24H24N4O5/c1-27(23(29)18-8-9-19-20(14-18)32-15-31-19)13-10-21-25-22(33-26-21)16-4-6-17(7-5-16)24(30)28-11-2-3-12-28/h4-9,14H,2-3,10-13,15H2,1H3. The van der Waals surface area contributed by atoms with E-state index in [0.717, 1.165) is 31.5 Å². The van der Waals surface area contributed by atoms with Crippen LogP contribution in [0.3, 0.4) is 0 Å². The van der Waals surface area contributed by atoms with Crippen molar-refractivity contribution in [3.63, 3.8) is 0 Å². The molecule has 0 atom stereocenters. The fraction of sp³-hybridized carbons (Fsp3) is 0.333. The van der Waals surface area contributed by atoms with Crippen LogP contribution in [0.5, 0.6) is 11.5 Å². The molecule has 0 unspecified atom stereocenters. The number of rotatable bonds is 6. The molecule has 1 aromatic heterocycles. The molecule has 2 aliphatic rings. The van der Waals surface area contributed by atoms with Crippen molar-refractivity contribution >= 4 is 11.8 Å². The number of hydrogen-bond acceptors (Lipinski definition) is 7. The monoisotopic (exact) mass is 448 g/mol. The zero-order chi connectivity index (χ0) is 22.8. The lowest BCUT2D eigenvalue weighted by Crippen LogP contribution is -2.29. The molecule has 5 rings (SSSR count). The first-order valence-electron chi connectivity index (χ1n) is 11.0. The minimum absolute atomic E-state index is 0.0560. The molecule has 2 aliphatic heterocycles. The van der Waals surface area contributed by atoms with Gasteiger partial charge in [0, 0.05) is 49.8 Å². The lowest BCUT2D eigenvalue weighted by Gasteiger charge is -2.16.